The molecule has 2 aromatic heterocycles. The van der Waals surface area contributed by atoms with Gasteiger partial charge in [0, 0.05) is 18.3 Å². The van der Waals surface area contributed by atoms with Crippen molar-refractivity contribution in [3.63, 3.8) is 0 Å². The first-order chi connectivity index (χ1) is 12.2. The topological polar surface area (TPSA) is 29.3 Å². The molecule has 25 heavy (non-hydrogen) atoms. The van der Waals surface area contributed by atoms with E-state index in [-0.39, 0.29) is 0 Å². The van der Waals surface area contributed by atoms with Crippen LogP contribution in [0.2, 0.25) is 0 Å². The highest BCUT2D eigenvalue weighted by atomic mass is 15.1. The van der Waals surface area contributed by atoms with Gasteiger partial charge in [0.1, 0.15) is 17.2 Å². The highest BCUT2D eigenvalue weighted by molar-refractivity contribution is 5.76. The fourth-order valence-corrected chi connectivity index (χ4v) is 3.01. The Balaban J connectivity index is 1.79. The summed E-state index contributed by atoms with van der Waals surface area (Å²) < 4.78 is 2.13. The van der Waals surface area contributed by atoms with E-state index in [1.54, 1.807) is 0 Å². The van der Waals surface area contributed by atoms with Gasteiger partial charge in [0.2, 0.25) is 0 Å². The van der Waals surface area contributed by atoms with E-state index in [2.05, 4.69) is 90.4 Å². The summed E-state index contributed by atoms with van der Waals surface area (Å²) >= 11 is 0. The summed E-state index contributed by atoms with van der Waals surface area (Å²) in [5.41, 5.74) is 6.79. The minimum absolute atomic E-state index is 0.765. The molecule has 4 aromatic rings. The Hall–Kier alpha value is -3.07. The van der Waals surface area contributed by atoms with E-state index in [9.17, 15) is 0 Å². The minimum atomic E-state index is 0.765. The Kier molecular flexibility index (Phi) is 3.98. The first-order valence-corrected chi connectivity index (χ1v) is 8.54. The summed E-state index contributed by atoms with van der Waals surface area (Å²) in [6.45, 7) is 4.96. The van der Waals surface area contributed by atoms with Crippen LogP contribution in [-0.2, 0) is 6.54 Å². The van der Waals surface area contributed by atoms with Gasteiger partial charge in [-0.15, -0.1) is 0 Å². The number of nitrogens with one attached hydrogen (secondary N) is 1. The monoisotopic (exact) mass is 327 g/mol. The predicted octanol–water partition coefficient (Wildman–Crippen LogP) is 5.23. The Labute approximate surface area is 148 Å². The van der Waals surface area contributed by atoms with Crippen molar-refractivity contribution in [3.8, 4) is 11.3 Å². The molecule has 0 saturated heterocycles. The molecule has 3 heteroatoms. The van der Waals surface area contributed by atoms with Crippen LogP contribution >= 0.6 is 0 Å². The van der Waals surface area contributed by atoms with Crippen molar-refractivity contribution in [3.05, 3.63) is 89.6 Å². The van der Waals surface area contributed by atoms with Crippen LogP contribution < -0.4 is 5.32 Å². The normalized spacial score (nSPS) is 11.0. The predicted molar refractivity (Wildman–Crippen MR) is 104 cm³/mol. The van der Waals surface area contributed by atoms with E-state index in [4.69, 9.17) is 4.98 Å². The number of benzene rings is 2. The molecule has 3 nitrogen and oxygen atoms in total. The number of rotatable bonds is 4. The standard InChI is InChI=1S/C22H21N3/c1-16-8-10-19(11-9-16)21-22(23-15-18-6-4-3-5-7-18)25-13-12-17(2)14-20(25)24-21/h3-14,23H,15H2,1-2H3. The number of hydrogen-bond acceptors (Lipinski definition) is 2. The smallest absolute Gasteiger partial charge is 0.139 e. The molecule has 0 radical (unpaired) electrons. The van der Waals surface area contributed by atoms with Crippen molar-refractivity contribution < 1.29 is 0 Å². The van der Waals surface area contributed by atoms with E-state index >= 15 is 0 Å². The zero-order valence-electron chi connectivity index (χ0n) is 14.5. The summed E-state index contributed by atoms with van der Waals surface area (Å²) in [5.74, 6) is 1.03. The fourth-order valence-electron chi connectivity index (χ4n) is 3.01. The van der Waals surface area contributed by atoms with Crippen LogP contribution in [0.25, 0.3) is 16.9 Å². The molecule has 2 aromatic carbocycles. The second-order valence-corrected chi connectivity index (χ2v) is 6.45. The molecule has 124 valence electrons. The lowest BCUT2D eigenvalue weighted by molar-refractivity contribution is 1.08. The number of nitrogens with zero attached hydrogens (tertiary/aromatic N) is 2. The van der Waals surface area contributed by atoms with Crippen LogP contribution in [0.1, 0.15) is 16.7 Å². The largest absolute Gasteiger partial charge is 0.365 e. The Morgan fingerprint density at radius 1 is 0.880 bits per heavy atom. The van der Waals surface area contributed by atoms with Gasteiger partial charge in [-0.2, -0.15) is 0 Å². The third kappa shape index (κ3) is 3.13. The zero-order valence-corrected chi connectivity index (χ0v) is 14.5. The second kappa shape index (κ2) is 6.44. The third-order valence-electron chi connectivity index (χ3n) is 4.41. The van der Waals surface area contributed by atoms with Gasteiger partial charge >= 0.3 is 0 Å². The van der Waals surface area contributed by atoms with E-state index in [0.29, 0.717) is 0 Å². The van der Waals surface area contributed by atoms with Crippen LogP contribution in [0.3, 0.4) is 0 Å². The number of hydrogen-bond donors (Lipinski definition) is 1. The van der Waals surface area contributed by atoms with Gasteiger partial charge in [-0.25, -0.2) is 4.98 Å². The van der Waals surface area contributed by atoms with Crippen molar-refractivity contribution in [2.75, 3.05) is 5.32 Å². The molecule has 0 spiro atoms. The van der Waals surface area contributed by atoms with Crippen molar-refractivity contribution in [1.29, 1.82) is 0 Å². The van der Waals surface area contributed by atoms with Crippen molar-refractivity contribution >= 4 is 11.5 Å². The maximum absolute atomic E-state index is 4.89. The molecule has 0 saturated carbocycles. The average molecular weight is 327 g/mol. The molecule has 0 fully saturated rings. The minimum Gasteiger partial charge on any atom is -0.365 e. The van der Waals surface area contributed by atoms with Crippen LogP contribution in [0, 0.1) is 13.8 Å². The van der Waals surface area contributed by atoms with Crippen LogP contribution in [0.5, 0.6) is 0 Å². The second-order valence-electron chi connectivity index (χ2n) is 6.45. The highest BCUT2D eigenvalue weighted by Gasteiger charge is 2.14. The maximum atomic E-state index is 4.89. The molecule has 0 amide bonds. The van der Waals surface area contributed by atoms with E-state index in [0.717, 1.165) is 29.3 Å². The fraction of sp³-hybridized carbons (Fsp3) is 0.136. The van der Waals surface area contributed by atoms with Crippen LogP contribution in [0.4, 0.5) is 5.82 Å². The number of aryl methyl sites for hydroxylation is 2. The van der Waals surface area contributed by atoms with E-state index in [1.807, 2.05) is 6.07 Å². The van der Waals surface area contributed by atoms with Crippen molar-refractivity contribution in [2.24, 2.45) is 0 Å². The molecule has 0 aliphatic heterocycles. The van der Waals surface area contributed by atoms with Gasteiger partial charge in [-0.3, -0.25) is 4.40 Å². The van der Waals surface area contributed by atoms with Crippen LogP contribution in [-0.4, -0.2) is 9.38 Å². The summed E-state index contributed by atoms with van der Waals surface area (Å²) in [4.78, 5) is 4.89. The molecular formula is C22H21N3. The molecule has 1 N–H and O–H groups in total. The number of aromatic nitrogens is 2. The van der Waals surface area contributed by atoms with Gasteiger partial charge < -0.3 is 5.32 Å². The highest BCUT2D eigenvalue weighted by Crippen LogP contribution is 2.29. The molecule has 0 atom stereocenters. The molecule has 0 bridgehead atoms. The lowest BCUT2D eigenvalue weighted by atomic mass is 10.1. The Morgan fingerprint density at radius 3 is 2.40 bits per heavy atom. The third-order valence-corrected chi connectivity index (χ3v) is 4.41. The van der Waals surface area contributed by atoms with Gasteiger partial charge in [0.05, 0.1) is 0 Å². The number of pyridine rings is 1. The van der Waals surface area contributed by atoms with Gasteiger partial charge in [0.15, 0.2) is 0 Å². The number of anilines is 1. The van der Waals surface area contributed by atoms with Crippen molar-refractivity contribution in [2.45, 2.75) is 20.4 Å². The lowest BCUT2D eigenvalue weighted by Gasteiger charge is -2.09. The SMILES string of the molecule is Cc1ccc(-c2nc3cc(C)ccn3c2NCc2ccccc2)cc1. The maximum Gasteiger partial charge on any atom is 0.139 e. The molecule has 0 aliphatic rings. The number of imidazole rings is 1. The molecule has 0 aliphatic carbocycles. The lowest BCUT2D eigenvalue weighted by Crippen LogP contribution is -2.03. The number of fused-ring (bicyclic) bond motifs is 1. The zero-order chi connectivity index (χ0) is 17.2. The Morgan fingerprint density at radius 2 is 1.64 bits per heavy atom. The first-order valence-electron chi connectivity index (χ1n) is 8.54. The summed E-state index contributed by atoms with van der Waals surface area (Å²) in [6, 6.07) is 23.2. The molecule has 2 heterocycles. The Bertz CT molecular complexity index is 999. The summed E-state index contributed by atoms with van der Waals surface area (Å²) in [7, 11) is 0. The van der Waals surface area contributed by atoms with Crippen molar-refractivity contribution in [1.82, 2.24) is 9.38 Å². The molecular weight excluding hydrogens is 306 g/mol. The summed E-state index contributed by atoms with van der Waals surface area (Å²) in [6.07, 6.45) is 2.09. The first kappa shape index (κ1) is 15.5. The van der Waals surface area contributed by atoms with Gasteiger partial charge in [-0.1, -0.05) is 60.2 Å². The van der Waals surface area contributed by atoms with Gasteiger partial charge in [-0.05, 0) is 37.1 Å². The quantitative estimate of drug-likeness (QED) is 0.556. The van der Waals surface area contributed by atoms with E-state index in [1.165, 1.54) is 16.7 Å². The molecule has 4 rings (SSSR count). The molecule has 0 unspecified atom stereocenters. The van der Waals surface area contributed by atoms with Crippen LogP contribution in [0.15, 0.2) is 72.9 Å². The summed E-state index contributed by atoms with van der Waals surface area (Å²) in [5, 5.41) is 3.59. The van der Waals surface area contributed by atoms with Gasteiger partial charge in [0.25, 0.3) is 0 Å². The van der Waals surface area contributed by atoms with E-state index < -0.39 is 0 Å². The average Bonchev–Trinajstić information content (AvgIpc) is 2.99.